The lowest BCUT2D eigenvalue weighted by Gasteiger charge is -2.22. The van der Waals surface area contributed by atoms with E-state index < -0.39 is 36.5 Å². The largest absolute Gasteiger partial charge is 0.395 e. The fourth-order valence-electron chi connectivity index (χ4n) is 2.46. The summed E-state index contributed by atoms with van der Waals surface area (Å²) in [5.41, 5.74) is 0. The summed E-state index contributed by atoms with van der Waals surface area (Å²) >= 11 is 0. The van der Waals surface area contributed by atoms with Gasteiger partial charge in [0.1, 0.15) is 0 Å². The van der Waals surface area contributed by atoms with Gasteiger partial charge in [-0.1, -0.05) is 0 Å². The zero-order valence-corrected chi connectivity index (χ0v) is 7.56. The quantitative estimate of drug-likeness (QED) is 0.304. The summed E-state index contributed by atoms with van der Waals surface area (Å²) in [4.78, 5) is 1.56. The van der Waals surface area contributed by atoms with Crippen LogP contribution < -0.4 is 0 Å². The smallest absolute Gasteiger partial charge is 0.0996 e. The minimum absolute atomic E-state index is 0.172. The Kier molecular flexibility index (Phi) is 2.50. The normalized spacial score (nSPS) is 53.8. The van der Waals surface area contributed by atoms with E-state index in [0.29, 0.717) is 0 Å². The van der Waals surface area contributed by atoms with Crippen LogP contribution in [0.15, 0.2) is 0 Å². The van der Waals surface area contributed by atoms with Crippen LogP contribution in [0.4, 0.5) is 0 Å². The highest BCUT2D eigenvalue weighted by molar-refractivity contribution is 5.09. The van der Waals surface area contributed by atoms with Gasteiger partial charge < -0.3 is 25.5 Å². The Labute approximate surface area is 81.0 Å². The SMILES string of the molecule is OC[C@H]1[C@@H](O)[C@H](O)[C@H]2[C@@H](O)[C@@H](O)CN21. The van der Waals surface area contributed by atoms with Crippen molar-refractivity contribution in [1.82, 2.24) is 4.90 Å². The minimum atomic E-state index is -1.11. The van der Waals surface area contributed by atoms with E-state index in [9.17, 15) is 20.4 Å². The monoisotopic (exact) mass is 205 g/mol. The van der Waals surface area contributed by atoms with Crippen LogP contribution in [-0.4, -0.2) is 80.1 Å². The van der Waals surface area contributed by atoms with Gasteiger partial charge in [-0.15, -0.1) is 0 Å². The van der Waals surface area contributed by atoms with Gasteiger partial charge in [-0.3, -0.25) is 4.90 Å². The fraction of sp³-hybridized carbons (Fsp3) is 1.00. The lowest BCUT2D eigenvalue weighted by atomic mass is 10.0. The van der Waals surface area contributed by atoms with E-state index in [1.165, 1.54) is 0 Å². The molecule has 6 nitrogen and oxygen atoms in total. The molecule has 0 aromatic carbocycles. The number of hydrogen-bond acceptors (Lipinski definition) is 6. The summed E-state index contributed by atoms with van der Waals surface area (Å²) in [6.07, 6.45) is -4.15. The van der Waals surface area contributed by atoms with Gasteiger partial charge >= 0.3 is 0 Å². The molecule has 2 aliphatic rings. The first-order valence-corrected chi connectivity index (χ1v) is 4.66. The molecule has 0 aromatic rings. The van der Waals surface area contributed by atoms with E-state index in [1.807, 2.05) is 0 Å². The number of hydrogen-bond donors (Lipinski definition) is 5. The van der Waals surface area contributed by atoms with Crippen LogP contribution >= 0.6 is 0 Å². The molecule has 5 N–H and O–H groups in total. The lowest BCUT2D eigenvalue weighted by molar-refractivity contribution is -0.0268. The van der Waals surface area contributed by atoms with E-state index >= 15 is 0 Å². The van der Waals surface area contributed by atoms with E-state index in [-0.39, 0.29) is 13.2 Å². The molecule has 0 saturated carbocycles. The maximum Gasteiger partial charge on any atom is 0.0996 e. The highest BCUT2D eigenvalue weighted by Crippen LogP contribution is 2.33. The fourth-order valence-corrected chi connectivity index (χ4v) is 2.46. The molecule has 14 heavy (non-hydrogen) atoms. The Hall–Kier alpha value is -0.240. The zero-order valence-electron chi connectivity index (χ0n) is 7.56. The third-order valence-corrected chi connectivity index (χ3v) is 3.23. The molecule has 0 aliphatic carbocycles. The standard InChI is InChI=1S/C8H15NO5/c10-2-3-6(12)8(14)5-7(13)4(11)1-9(3)5/h3-8,10-14H,1-2H2/t3-,4-,5+,6+,7-,8+/m0/s1. The van der Waals surface area contributed by atoms with Crippen LogP contribution in [0.3, 0.4) is 0 Å². The van der Waals surface area contributed by atoms with Gasteiger partial charge in [-0.05, 0) is 0 Å². The number of aliphatic hydroxyl groups excluding tert-OH is 5. The predicted octanol–water partition coefficient (Wildman–Crippen LogP) is -3.51. The van der Waals surface area contributed by atoms with Crippen molar-refractivity contribution >= 4 is 0 Å². The molecule has 2 saturated heterocycles. The summed E-state index contributed by atoms with van der Waals surface area (Å²) in [6.45, 7) is -0.126. The average molecular weight is 205 g/mol. The molecule has 0 spiro atoms. The van der Waals surface area contributed by atoms with Crippen molar-refractivity contribution in [3.63, 3.8) is 0 Å². The van der Waals surface area contributed by atoms with Gasteiger partial charge in [0.15, 0.2) is 0 Å². The van der Waals surface area contributed by atoms with Crippen molar-refractivity contribution < 1.29 is 25.5 Å². The van der Waals surface area contributed by atoms with Gasteiger partial charge in [0.05, 0.1) is 43.1 Å². The minimum Gasteiger partial charge on any atom is -0.395 e. The third kappa shape index (κ3) is 1.19. The topological polar surface area (TPSA) is 104 Å². The summed E-state index contributed by atoms with van der Waals surface area (Å²) in [5.74, 6) is 0. The van der Waals surface area contributed by atoms with Crippen molar-refractivity contribution in [3.8, 4) is 0 Å². The van der Waals surface area contributed by atoms with Crippen LogP contribution in [0.2, 0.25) is 0 Å². The summed E-state index contributed by atoms with van der Waals surface area (Å²) in [6, 6.07) is -1.26. The maximum atomic E-state index is 9.58. The van der Waals surface area contributed by atoms with Gasteiger partial charge in [0, 0.05) is 6.54 Å². The van der Waals surface area contributed by atoms with Gasteiger partial charge in [0.25, 0.3) is 0 Å². The number of aliphatic hydroxyl groups is 5. The number of fused-ring (bicyclic) bond motifs is 1. The molecule has 0 radical (unpaired) electrons. The maximum absolute atomic E-state index is 9.58. The summed E-state index contributed by atoms with van der Waals surface area (Å²) in [7, 11) is 0. The molecular weight excluding hydrogens is 190 g/mol. The first-order chi connectivity index (χ1) is 6.57. The number of nitrogens with zero attached hydrogens (tertiary/aromatic N) is 1. The van der Waals surface area contributed by atoms with E-state index in [0.717, 1.165) is 0 Å². The summed E-state index contributed by atoms with van der Waals surface area (Å²) in [5, 5.41) is 47.0. The van der Waals surface area contributed by atoms with Gasteiger partial charge in [-0.2, -0.15) is 0 Å². The average Bonchev–Trinajstić information content (AvgIpc) is 2.54. The van der Waals surface area contributed by atoms with Gasteiger partial charge in [-0.25, -0.2) is 0 Å². The molecule has 2 aliphatic heterocycles. The Bertz CT molecular complexity index is 226. The van der Waals surface area contributed by atoms with Crippen LogP contribution in [0.25, 0.3) is 0 Å². The van der Waals surface area contributed by atoms with Gasteiger partial charge in [0.2, 0.25) is 0 Å². The van der Waals surface area contributed by atoms with Crippen LogP contribution in [0.5, 0.6) is 0 Å². The Morgan fingerprint density at radius 3 is 2.21 bits per heavy atom. The zero-order chi connectivity index (χ0) is 10.5. The van der Waals surface area contributed by atoms with Crippen molar-refractivity contribution in [1.29, 1.82) is 0 Å². The molecule has 6 heteroatoms. The Balaban J connectivity index is 2.21. The molecule has 2 heterocycles. The first kappa shape index (κ1) is 10.3. The van der Waals surface area contributed by atoms with Crippen LogP contribution in [0.1, 0.15) is 0 Å². The van der Waals surface area contributed by atoms with Crippen molar-refractivity contribution in [2.75, 3.05) is 13.2 Å². The predicted molar refractivity (Wildman–Crippen MR) is 45.4 cm³/mol. The highest BCUT2D eigenvalue weighted by Gasteiger charge is 2.56. The molecule has 6 atom stereocenters. The van der Waals surface area contributed by atoms with E-state index in [2.05, 4.69) is 0 Å². The molecule has 0 bridgehead atoms. The first-order valence-electron chi connectivity index (χ1n) is 4.66. The van der Waals surface area contributed by atoms with Crippen molar-refractivity contribution in [3.05, 3.63) is 0 Å². The number of rotatable bonds is 1. The van der Waals surface area contributed by atoms with Crippen molar-refractivity contribution in [2.45, 2.75) is 36.5 Å². The second-order valence-electron chi connectivity index (χ2n) is 3.98. The van der Waals surface area contributed by atoms with E-state index in [1.54, 1.807) is 4.90 Å². The molecule has 2 rings (SSSR count). The molecule has 0 amide bonds. The molecular formula is C8H15NO5. The highest BCUT2D eigenvalue weighted by atomic mass is 16.4. The molecule has 82 valence electrons. The van der Waals surface area contributed by atoms with E-state index in [4.69, 9.17) is 5.11 Å². The summed E-state index contributed by atoms with van der Waals surface area (Å²) < 4.78 is 0. The Morgan fingerprint density at radius 2 is 1.64 bits per heavy atom. The molecule has 0 unspecified atom stereocenters. The molecule has 0 aromatic heterocycles. The lowest BCUT2D eigenvalue weighted by Crippen LogP contribution is -2.41. The van der Waals surface area contributed by atoms with Crippen molar-refractivity contribution in [2.24, 2.45) is 0 Å². The van der Waals surface area contributed by atoms with Crippen LogP contribution in [0, 0.1) is 0 Å². The Morgan fingerprint density at radius 1 is 1.00 bits per heavy atom. The second kappa shape index (κ2) is 3.41. The van der Waals surface area contributed by atoms with Crippen LogP contribution in [-0.2, 0) is 0 Å². The third-order valence-electron chi connectivity index (χ3n) is 3.23. The molecule has 2 fully saturated rings. The second-order valence-corrected chi connectivity index (χ2v) is 3.98.